The highest BCUT2D eigenvalue weighted by Crippen LogP contribution is 2.20. The third-order valence-corrected chi connectivity index (χ3v) is 6.87. The minimum atomic E-state index is -0.595. The van der Waals surface area contributed by atoms with Crippen molar-refractivity contribution >= 4 is 22.6 Å². The Bertz CT molecular complexity index is 1520. The van der Waals surface area contributed by atoms with Crippen LogP contribution >= 0.6 is 0 Å². The van der Waals surface area contributed by atoms with Gasteiger partial charge in [0.2, 0.25) is 0 Å². The maximum atomic E-state index is 14.7. The van der Waals surface area contributed by atoms with Crippen LogP contribution in [0.25, 0.3) is 10.8 Å². The average Bonchev–Trinajstić information content (AvgIpc) is 2.95. The van der Waals surface area contributed by atoms with Crippen LogP contribution in [-0.2, 0) is 12.8 Å². The van der Waals surface area contributed by atoms with Gasteiger partial charge in [-0.3, -0.25) is 14.4 Å². The van der Waals surface area contributed by atoms with Crippen LogP contribution in [-0.4, -0.2) is 58.0 Å². The number of hydrogen-bond donors (Lipinski definition) is 1. The molecule has 1 aliphatic heterocycles. The molecule has 0 bridgehead atoms. The Kier molecular flexibility index (Phi) is 6.81. The van der Waals surface area contributed by atoms with Gasteiger partial charge >= 0.3 is 0 Å². The number of benzene rings is 3. The Labute approximate surface area is 213 Å². The lowest BCUT2D eigenvalue weighted by Gasteiger charge is -2.35. The van der Waals surface area contributed by atoms with Crippen molar-refractivity contribution < 1.29 is 14.0 Å². The lowest BCUT2D eigenvalue weighted by atomic mass is 10.0. The molecule has 188 valence electrons. The summed E-state index contributed by atoms with van der Waals surface area (Å²) >= 11 is 0. The number of carbonyl (C=O) groups excluding carboxylic acids is 2. The Morgan fingerprint density at radius 2 is 1.49 bits per heavy atom. The van der Waals surface area contributed by atoms with E-state index in [1.165, 1.54) is 11.6 Å². The number of aromatic amines is 1. The normalized spacial score (nSPS) is 13.7. The Morgan fingerprint density at radius 3 is 2.16 bits per heavy atom. The molecule has 0 atom stereocenters. The number of nitrogens with zero attached hydrogens (tertiary/aromatic N) is 3. The molecule has 0 spiro atoms. The summed E-state index contributed by atoms with van der Waals surface area (Å²) in [4.78, 5) is 41.5. The molecule has 1 aliphatic rings. The van der Waals surface area contributed by atoms with E-state index in [4.69, 9.17) is 0 Å². The van der Waals surface area contributed by atoms with Gasteiger partial charge < -0.3 is 9.80 Å². The number of piperazine rings is 1. The molecule has 5 rings (SSSR count). The fourth-order valence-electron chi connectivity index (χ4n) is 4.69. The van der Waals surface area contributed by atoms with Gasteiger partial charge in [-0.2, -0.15) is 5.10 Å². The molecular formula is C29H27FN4O3. The number of halogens is 1. The molecule has 37 heavy (non-hydrogen) atoms. The van der Waals surface area contributed by atoms with Crippen molar-refractivity contribution in [2.45, 2.75) is 19.8 Å². The van der Waals surface area contributed by atoms with E-state index in [2.05, 4.69) is 17.1 Å². The predicted octanol–water partition coefficient (Wildman–Crippen LogP) is 3.81. The summed E-state index contributed by atoms with van der Waals surface area (Å²) in [6.45, 7) is 3.48. The first-order chi connectivity index (χ1) is 17.9. The van der Waals surface area contributed by atoms with Gasteiger partial charge in [-0.25, -0.2) is 9.49 Å². The average molecular weight is 499 g/mol. The van der Waals surface area contributed by atoms with E-state index in [-0.39, 0.29) is 17.0 Å². The van der Waals surface area contributed by atoms with Crippen LogP contribution in [0.2, 0.25) is 0 Å². The molecule has 1 aromatic heterocycles. The van der Waals surface area contributed by atoms with Crippen molar-refractivity contribution in [1.82, 2.24) is 20.0 Å². The van der Waals surface area contributed by atoms with Crippen LogP contribution in [0.1, 0.15) is 44.5 Å². The van der Waals surface area contributed by atoms with E-state index in [0.717, 1.165) is 6.42 Å². The molecule has 0 unspecified atom stereocenters. The number of nitrogens with one attached hydrogen (secondary N) is 1. The monoisotopic (exact) mass is 498 g/mol. The van der Waals surface area contributed by atoms with Gasteiger partial charge in [0, 0.05) is 43.5 Å². The SMILES string of the molecule is CCc1ccc(C(=O)N2CCN(C(=O)c3cc(Cc4n[nH]c(=O)c5ccccc45)ccc3F)CC2)cc1. The molecule has 0 aliphatic carbocycles. The van der Waals surface area contributed by atoms with Gasteiger partial charge in [-0.15, -0.1) is 0 Å². The first kappa shape index (κ1) is 24.4. The van der Waals surface area contributed by atoms with E-state index in [1.807, 2.05) is 36.4 Å². The highest BCUT2D eigenvalue weighted by Gasteiger charge is 2.27. The summed E-state index contributed by atoms with van der Waals surface area (Å²) < 4.78 is 14.7. The number of fused-ring (bicyclic) bond motifs is 1. The molecule has 1 saturated heterocycles. The summed E-state index contributed by atoms with van der Waals surface area (Å²) in [5.41, 5.74) is 2.85. The second kappa shape index (κ2) is 10.3. The minimum Gasteiger partial charge on any atom is -0.335 e. The number of aromatic nitrogens is 2. The summed E-state index contributed by atoms with van der Waals surface area (Å²) in [7, 11) is 0. The van der Waals surface area contributed by atoms with E-state index in [0.29, 0.717) is 60.2 Å². The first-order valence-electron chi connectivity index (χ1n) is 12.4. The van der Waals surface area contributed by atoms with Crippen molar-refractivity contribution in [3.63, 3.8) is 0 Å². The molecule has 2 amide bonds. The topological polar surface area (TPSA) is 86.4 Å². The molecule has 8 heteroatoms. The van der Waals surface area contributed by atoms with E-state index < -0.39 is 11.7 Å². The Hall–Kier alpha value is -4.33. The van der Waals surface area contributed by atoms with Crippen LogP contribution in [0, 0.1) is 5.82 Å². The molecule has 7 nitrogen and oxygen atoms in total. The molecule has 1 fully saturated rings. The molecular weight excluding hydrogens is 471 g/mol. The predicted molar refractivity (Wildman–Crippen MR) is 139 cm³/mol. The van der Waals surface area contributed by atoms with Crippen molar-refractivity contribution in [3.8, 4) is 0 Å². The molecule has 0 saturated carbocycles. The number of aryl methyl sites for hydroxylation is 1. The van der Waals surface area contributed by atoms with Crippen molar-refractivity contribution in [1.29, 1.82) is 0 Å². The first-order valence-corrected chi connectivity index (χ1v) is 12.4. The zero-order valence-corrected chi connectivity index (χ0v) is 20.5. The van der Waals surface area contributed by atoms with Crippen LogP contribution < -0.4 is 5.56 Å². The highest BCUT2D eigenvalue weighted by molar-refractivity contribution is 5.96. The maximum absolute atomic E-state index is 14.7. The number of carbonyl (C=O) groups is 2. The summed E-state index contributed by atoms with van der Waals surface area (Å²) in [5.74, 6) is -1.07. The van der Waals surface area contributed by atoms with E-state index in [9.17, 15) is 18.8 Å². The lowest BCUT2D eigenvalue weighted by molar-refractivity contribution is 0.0532. The molecule has 0 radical (unpaired) electrons. The van der Waals surface area contributed by atoms with Crippen LogP contribution in [0.3, 0.4) is 0 Å². The van der Waals surface area contributed by atoms with Crippen LogP contribution in [0.15, 0.2) is 71.5 Å². The Morgan fingerprint density at radius 1 is 0.865 bits per heavy atom. The van der Waals surface area contributed by atoms with Gasteiger partial charge in [0.25, 0.3) is 17.4 Å². The van der Waals surface area contributed by atoms with Gasteiger partial charge in [0.15, 0.2) is 0 Å². The van der Waals surface area contributed by atoms with Gasteiger partial charge in [0.1, 0.15) is 5.82 Å². The standard InChI is InChI=1S/C29H27FN4O3/c1-2-19-7-10-21(11-8-19)28(36)33-13-15-34(16-14-33)29(37)24-17-20(9-12-25(24)30)18-26-22-5-3-4-6-23(22)27(35)32-31-26/h3-12,17H,2,13-16,18H2,1H3,(H,32,35). The molecule has 3 aromatic carbocycles. The quantitative estimate of drug-likeness (QED) is 0.453. The van der Waals surface area contributed by atoms with Crippen molar-refractivity contribution in [2.24, 2.45) is 0 Å². The third-order valence-electron chi connectivity index (χ3n) is 6.87. The summed E-state index contributed by atoms with van der Waals surface area (Å²) in [6, 6.07) is 19.2. The fourth-order valence-corrected chi connectivity index (χ4v) is 4.69. The van der Waals surface area contributed by atoms with Gasteiger partial charge in [-0.05, 0) is 47.9 Å². The molecule has 4 aromatic rings. The maximum Gasteiger partial charge on any atom is 0.272 e. The largest absolute Gasteiger partial charge is 0.335 e. The van der Waals surface area contributed by atoms with Crippen molar-refractivity contribution in [3.05, 3.63) is 111 Å². The highest BCUT2D eigenvalue weighted by atomic mass is 19.1. The zero-order chi connectivity index (χ0) is 25.9. The van der Waals surface area contributed by atoms with Crippen LogP contribution in [0.5, 0.6) is 0 Å². The fraction of sp³-hybridized carbons (Fsp3) is 0.241. The summed E-state index contributed by atoms with van der Waals surface area (Å²) in [6.07, 6.45) is 1.24. The van der Waals surface area contributed by atoms with E-state index in [1.54, 1.807) is 34.1 Å². The number of rotatable bonds is 5. The molecule has 1 N–H and O–H groups in total. The van der Waals surface area contributed by atoms with Crippen molar-refractivity contribution in [2.75, 3.05) is 26.2 Å². The smallest absolute Gasteiger partial charge is 0.272 e. The lowest BCUT2D eigenvalue weighted by Crippen LogP contribution is -2.50. The van der Waals surface area contributed by atoms with Gasteiger partial charge in [0.05, 0.1) is 16.6 Å². The minimum absolute atomic E-state index is 0.0128. The second-order valence-electron chi connectivity index (χ2n) is 9.17. The second-order valence-corrected chi connectivity index (χ2v) is 9.17. The summed E-state index contributed by atoms with van der Waals surface area (Å²) in [5, 5.41) is 7.93. The number of amides is 2. The third kappa shape index (κ3) is 5.00. The zero-order valence-electron chi connectivity index (χ0n) is 20.5. The Balaban J connectivity index is 1.29. The van der Waals surface area contributed by atoms with Crippen LogP contribution in [0.4, 0.5) is 4.39 Å². The van der Waals surface area contributed by atoms with Gasteiger partial charge in [-0.1, -0.05) is 43.3 Å². The van der Waals surface area contributed by atoms with E-state index >= 15 is 0 Å². The number of hydrogen-bond acceptors (Lipinski definition) is 4. The number of H-pyrrole nitrogens is 1. The molecule has 2 heterocycles.